The van der Waals surface area contributed by atoms with Crippen molar-refractivity contribution in [3.8, 4) is 0 Å². The van der Waals surface area contributed by atoms with E-state index in [1.807, 2.05) is 41.2 Å². The average molecular weight is 340 g/mol. The van der Waals surface area contributed by atoms with Gasteiger partial charge in [0.15, 0.2) is 0 Å². The van der Waals surface area contributed by atoms with Gasteiger partial charge in [-0.3, -0.25) is 14.3 Å². The summed E-state index contributed by atoms with van der Waals surface area (Å²) in [6, 6.07) is 9.44. The minimum atomic E-state index is -0.440. The zero-order valence-corrected chi connectivity index (χ0v) is 14.7. The van der Waals surface area contributed by atoms with Crippen LogP contribution >= 0.6 is 0 Å². The van der Waals surface area contributed by atoms with Crippen molar-refractivity contribution >= 4 is 11.8 Å². The number of fused-ring (bicyclic) bond motifs is 1. The molecule has 0 saturated carbocycles. The number of nitrogens with zero attached hydrogens (tertiary/aromatic N) is 3. The Labute approximate surface area is 147 Å². The summed E-state index contributed by atoms with van der Waals surface area (Å²) in [6.45, 7) is 5.39. The lowest BCUT2D eigenvalue weighted by Gasteiger charge is -2.35. The van der Waals surface area contributed by atoms with Crippen LogP contribution in [0.2, 0.25) is 0 Å². The molecule has 2 aromatic rings. The van der Waals surface area contributed by atoms with Crippen LogP contribution in [-0.2, 0) is 29.1 Å². The molecule has 0 fully saturated rings. The van der Waals surface area contributed by atoms with Gasteiger partial charge in [0.05, 0.1) is 0 Å². The number of carbonyl (C=O) groups is 2. The molecular weight excluding hydrogens is 316 g/mol. The number of benzene rings is 1. The zero-order chi connectivity index (χ0) is 17.8. The van der Waals surface area contributed by atoms with Crippen LogP contribution < -0.4 is 5.32 Å². The average Bonchev–Trinajstić information content (AvgIpc) is 3.11. The Balaban J connectivity index is 1.62. The predicted octanol–water partition coefficient (Wildman–Crippen LogP) is 1.61. The number of aromatic nitrogens is 2. The third-order valence-corrected chi connectivity index (χ3v) is 4.64. The van der Waals surface area contributed by atoms with Crippen LogP contribution in [0.1, 0.15) is 25.0 Å². The first kappa shape index (κ1) is 17.2. The molecule has 1 aromatic carbocycles. The van der Waals surface area contributed by atoms with Crippen molar-refractivity contribution in [2.24, 2.45) is 5.92 Å². The van der Waals surface area contributed by atoms with Gasteiger partial charge in [0.25, 0.3) is 0 Å². The molecule has 1 aromatic heterocycles. The normalized spacial score (nSPS) is 17.7. The lowest BCUT2D eigenvalue weighted by molar-refractivity contribution is -0.140. The van der Waals surface area contributed by atoms with Gasteiger partial charge in [0.1, 0.15) is 6.04 Å². The molecule has 0 spiro atoms. The van der Waals surface area contributed by atoms with E-state index < -0.39 is 6.04 Å². The summed E-state index contributed by atoms with van der Waals surface area (Å²) in [7, 11) is 0. The van der Waals surface area contributed by atoms with E-state index in [9.17, 15) is 9.59 Å². The van der Waals surface area contributed by atoms with Gasteiger partial charge < -0.3 is 10.2 Å². The number of hydrogen-bond donors (Lipinski definition) is 1. The number of hydrogen-bond acceptors (Lipinski definition) is 3. The molecule has 1 aliphatic heterocycles. The fourth-order valence-electron chi connectivity index (χ4n) is 3.27. The van der Waals surface area contributed by atoms with Crippen LogP contribution in [0, 0.1) is 5.92 Å². The van der Waals surface area contributed by atoms with Crippen LogP contribution in [0.4, 0.5) is 0 Å². The van der Waals surface area contributed by atoms with Crippen molar-refractivity contribution in [1.29, 1.82) is 0 Å². The standard InChI is InChI=1S/C19H24N4O2/c1-14(12-22-9-5-8-21-22)11-20-19(25)18-10-16-6-3-4-7-17(16)13-23(18)15(2)24/h3-9,14,18H,10-13H2,1-2H3,(H,20,25)/t14?,18-/m0/s1. The Morgan fingerprint density at radius 1 is 1.28 bits per heavy atom. The predicted molar refractivity (Wildman–Crippen MR) is 94.6 cm³/mol. The highest BCUT2D eigenvalue weighted by Gasteiger charge is 2.32. The van der Waals surface area contributed by atoms with Gasteiger partial charge in [-0.25, -0.2) is 0 Å². The SMILES string of the molecule is CC(=O)N1Cc2ccccc2C[C@H]1C(=O)NCC(C)Cn1cccn1. The minimum Gasteiger partial charge on any atom is -0.354 e. The smallest absolute Gasteiger partial charge is 0.243 e. The minimum absolute atomic E-state index is 0.0701. The van der Waals surface area contributed by atoms with Gasteiger partial charge in [-0.05, 0) is 23.1 Å². The highest BCUT2D eigenvalue weighted by atomic mass is 16.2. The topological polar surface area (TPSA) is 67.2 Å². The molecule has 0 radical (unpaired) electrons. The van der Waals surface area contributed by atoms with Gasteiger partial charge in [0, 0.05) is 45.4 Å². The summed E-state index contributed by atoms with van der Waals surface area (Å²) in [6.07, 6.45) is 4.22. The molecule has 1 aliphatic rings. The van der Waals surface area contributed by atoms with Crippen molar-refractivity contribution in [3.05, 3.63) is 53.9 Å². The third kappa shape index (κ3) is 4.07. The Morgan fingerprint density at radius 2 is 2.04 bits per heavy atom. The molecule has 3 rings (SSSR count). The quantitative estimate of drug-likeness (QED) is 0.899. The molecule has 0 saturated heterocycles. The molecule has 2 amide bonds. The summed E-state index contributed by atoms with van der Waals surface area (Å²) in [5.41, 5.74) is 2.26. The Kier molecular flexibility index (Phi) is 5.16. The van der Waals surface area contributed by atoms with Gasteiger partial charge in [-0.15, -0.1) is 0 Å². The second kappa shape index (κ2) is 7.51. The highest BCUT2D eigenvalue weighted by Crippen LogP contribution is 2.23. The first-order chi connectivity index (χ1) is 12.0. The second-order valence-corrected chi connectivity index (χ2v) is 6.71. The molecule has 6 nitrogen and oxygen atoms in total. The summed E-state index contributed by atoms with van der Waals surface area (Å²) in [5.74, 6) is 0.0989. The van der Waals surface area contributed by atoms with Crippen LogP contribution in [0.25, 0.3) is 0 Å². The zero-order valence-electron chi connectivity index (χ0n) is 14.7. The number of carbonyl (C=O) groups excluding carboxylic acids is 2. The van der Waals surface area contributed by atoms with E-state index >= 15 is 0 Å². The monoisotopic (exact) mass is 340 g/mol. The van der Waals surface area contributed by atoms with Crippen LogP contribution in [0.5, 0.6) is 0 Å². The maximum Gasteiger partial charge on any atom is 0.243 e. The molecule has 2 atom stereocenters. The van der Waals surface area contributed by atoms with Crippen LogP contribution in [-0.4, -0.2) is 39.1 Å². The first-order valence-electron chi connectivity index (χ1n) is 8.63. The van der Waals surface area contributed by atoms with Gasteiger partial charge >= 0.3 is 0 Å². The summed E-state index contributed by atoms with van der Waals surface area (Å²) in [4.78, 5) is 26.4. The molecule has 1 N–H and O–H groups in total. The van der Waals surface area contributed by atoms with E-state index in [1.165, 1.54) is 6.92 Å². The van der Waals surface area contributed by atoms with Crippen molar-refractivity contribution in [2.45, 2.75) is 39.4 Å². The van der Waals surface area contributed by atoms with E-state index in [4.69, 9.17) is 0 Å². The van der Waals surface area contributed by atoms with Gasteiger partial charge in [0.2, 0.25) is 11.8 Å². The van der Waals surface area contributed by atoms with Crippen molar-refractivity contribution < 1.29 is 9.59 Å². The Hall–Kier alpha value is -2.63. The number of nitrogens with one attached hydrogen (secondary N) is 1. The lowest BCUT2D eigenvalue weighted by Crippen LogP contribution is -2.52. The molecule has 6 heteroatoms. The maximum atomic E-state index is 12.7. The fourth-order valence-corrected chi connectivity index (χ4v) is 3.27. The van der Waals surface area contributed by atoms with Crippen molar-refractivity contribution in [3.63, 3.8) is 0 Å². The maximum absolute atomic E-state index is 12.7. The van der Waals surface area contributed by atoms with E-state index in [0.29, 0.717) is 19.5 Å². The molecule has 25 heavy (non-hydrogen) atoms. The molecule has 0 aliphatic carbocycles. The van der Waals surface area contributed by atoms with E-state index in [2.05, 4.69) is 17.3 Å². The summed E-state index contributed by atoms with van der Waals surface area (Å²) >= 11 is 0. The van der Waals surface area contributed by atoms with Gasteiger partial charge in [-0.2, -0.15) is 5.10 Å². The summed E-state index contributed by atoms with van der Waals surface area (Å²) < 4.78 is 1.86. The number of rotatable bonds is 5. The van der Waals surface area contributed by atoms with Crippen LogP contribution in [0.15, 0.2) is 42.7 Å². The largest absolute Gasteiger partial charge is 0.354 e. The van der Waals surface area contributed by atoms with E-state index in [1.54, 1.807) is 11.1 Å². The van der Waals surface area contributed by atoms with Crippen LogP contribution in [0.3, 0.4) is 0 Å². The van der Waals surface area contributed by atoms with Crippen molar-refractivity contribution in [2.75, 3.05) is 6.54 Å². The number of amides is 2. The van der Waals surface area contributed by atoms with Crippen molar-refractivity contribution in [1.82, 2.24) is 20.0 Å². The Bertz CT molecular complexity index is 742. The molecule has 2 heterocycles. The fraction of sp³-hybridized carbons (Fsp3) is 0.421. The lowest BCUT2D eigenvalue weighted by atomic mass is 9.93. The third-order valence-electron chi connectivity index (χ3n) is 4.64. The highest BCUT2D eigenvalue weighted by molar-refractivity contribution is 5.87. The van der Waals surface area contributed by atoms with Gasteiger partial charge in [-0.1, -0.05) is 31.2 Å². The first-order valence-corrected chi connectivity index (χ1v) is 8.63. The summed E-state index contributed by atoms with van der Waals surface area (Å²) in [5, 5.41) is 7.19. The molecule has 132 valence electrons. The second-order valence-electron chi connectivity index (χ2n) is 6.71. The molecule has 0 bridgehead atoms. The Morgan fingerprint density at radius 3 is 2.72 bits per heavy atom. The molecule has 1 unspecified atom stereocenters. The molecular formula is C19H24N4O2. The van der Waals surface area contributed by atoms with E-state index in [-0.39, 0.29) is 17.7 Å². The van der Waals surface area contributed by atoms with E-state index in [0.717, 1.165) is 17.7 Å².